The lowest BCUT2D eigenvalue weighted by Crippen LogP contribution is -2.27. The third kappa shape index (κ3) is 3.06. The SMILES string of the molecule is Cc1nn(CCC(=O)NC(C)c2nc3ccccc3o2)c2ccccc12. The molecule has 2 heterocycles. The van der Waals surface area contributed by atoms with E-state index in [2.05, 4.69) is 15.4 Å². The summed E-state index contributed by atoms with van der Waals surface area (Å²) < 4.78 is 7.59. The molecule has 26 heavy (non-hydrogen) atoms. The van der Waals surface area contributed by atoms with Gasteiger partial charge < -0.3 is 9.73 Å². The normalized spacial score (nSPS) is 12.5. The molecular formula is C20H20N4O2. The van der Waals surface area contributed by atoms with Crippen LogP contribution in [0.5, 0.6) is 0 Å². The first-order valence-electron chi connectivity index (χ1n) is 8.69. The Labute approximate surface area is 150 Å². The lowest BCUT2D eigenvalue weighted by molar-refractivity contribution is -0.122. The van der Waals surface area contributed by atoms with Gasteiger partial charge in [0, 0.05) is 11.8 Å². The summed E-state index contributed by atoms with van der Waals surface area (Å²) in [5, 5.41) is 8.60. The van der Waals surface area contributed by atoms with Crippen LogP contribution in [0.2, 0.25) is 0 Å². The van der Waals surface area contributed by atoms with Crippen LogP contribution in [0.25, 0.3) is 22.0 Å². The monoisotopic (exact) mass is 348 g/mol. The largest absolute Gasteiger partial charge is 0.438 e. The van der Waals surface area contributed by atoms with Gasteiger partial charge in [0.15, 0.2) is 5.58 Å². The summed E-state index contributed by atoms with van der Waals surface area (Å²) in [6.07, 6.45) is 0.343. The zero-order chi connectivity index (χ0) is 18.1. The van der Waals surface area contributed by atoms with Gasteiger partial charge in [0.05, 0.1) is 17.8 Å². The Hall–Kier alpha value is -3.15. The minimum absolute atomic E-state index is 0.0583. The van der Waals surface area contributed by atoms with Gasteiger partial charge in [-0.25, -0.2) is 4.98 Å². The van der Waals surface area contributed by atoms with Gasteiger partial charge in [0.2, 0.25) is 11.8 Å². The van der Waals surface area contributed by atoms with Crippen molar-refractivity contribution in [1.29, 1.82) is 0 Å². The fourth-order valence-corrected chi connectivity index (χ4v) is 3.12. The molecule has 1 amide bonds. The summed E-state index contributed by atoms with van der Waals surface area (Å²) in [5.74, 6) is 0.455. The number of nitrogens with one attached hydrogen (secondary N) is 1. The van der Waals surface area contributed by atoms with Crippen molar-refractivity contribution in [2.24, 2.45) is 0 Å². The minimum atomic E-state index is -0.286. The number of para-hydroxylation sites is 3. The summed E-state index contributed by atoms with van der Waals surface area (Å²) in [6, 6.07) is 15.3. The maximum atomic E-state index is 12.3. The maximum Gasteiger partial charge on any atom is 0.222 e. The van der Waals surface area contributed by atoms with E-state index < -0.39 is 0 Å². The number of hydrogen-bond acceptors (Lipinski definition) is 4. The van der Waals surface area contributed by atoms with Crippen LogP contribution in [-0.4, -0.2) is 20.7 Å². The van der Waals surface area contributed by atoms with Gasteiger partial charge in [0.1, 0.15) is 11.6 Å². The van der Waals surface area contributed by atoms with E-state index in [9.17, 15) is 4.79 Å². The fourth-order valence-electron chi connectivity index (χ4n) is 3.12. The second-order valence-electron chi connectivity index (χ2n) is 6.38. The molecule has 1 N–H and O–H groups in total. The predicted molar refractivity (Wildman–Crippen MR) is 99.7 cm³/mol. The molecule has 0 bridgehead atoms. The number of benzene rings is 2. The number of rotatable bonds is 5. The Morgan fingerprint density at radius 2 is 1.96 bits per heavy atom. The summed E-state index contributed by atoms with van der Waals surface area (Å²) in [5.41, 5.74) is 3.54. The van der Waals surface area contributed by atoms with E-state index in [0.29, 0.717) is 18.9 Å². The summed E-state index contributed by atoms with van der Waals surface area (Å²) in [6.45, 7) is 4.38. The predicted octanol–water partition coefficient (Wildman–Crippen LogP) is 3.75. The van der Waals surface area contributed by atoms with E-state index in [1.807, 2.05) is 67.1 Å². The molecule has 132 valence electrons. The molecule has 0 fully saturated rings. The number of oxazole rings is 1. The van der Waals surface area contributed by atoms with E-state index in [0.717, 1.165) is 27.7 Å². The van der Waals surface area contributed by atoms with Crippen molar-refractivity contribution in [2.45, 2.75) is 32.9 Å². The molecule has 4 aromatic rings. The number of carbonyl (C=O) groups is 1. The Morgan fingerprint density at radius 3 is 2.81 bits per heavy atom. The van der Waals surface area contributed by atoms with Crippen molar-refractivity contribution in [3.8, 4) is 0 Å². The maximum absolute atomic E-state index is 12.3. The third-order valence-corrected chi connectivity index (χ3v) is 4.45. The molecule has 2 aromatic heterocycles. The second kappa shape index (κ2) is 6.63. The summed E-state index contributed by atoms with van der Waals surface area (Å²) >= 11 is 0. The summed E-state index contributed by atoms with van der Waals surface area (Å²) in [7, 11) is 0. The molecule has 1 unspecified atom stereocenters. The molecule has 0 aliphatic heterocycles. The molecule has 0 saturated carbocycles. The smallest absolute Gasteiger partial charge is 0.222 e. The van der Waals surface area contributed by atoms with Crippen LogP contribution in [0.1, 0.15) is 31.0 Å². The number of fused-ring (bicyclic) bond motifs is 2. The van der Waals surface area contributed by atoms with Crippen LogP contribution in [0.4, 0.5) is 0 Å². The average Bonchev–Trinajstić information content (AvgIpc) is 3.22. The van der Waals surface area contributed by atoms with Gasteiger partial charge in [-0.3, -0.25) is 9.48 Å². The molecule has 6 nitrogen and oxygen atoms in total. The van der Waals surface area contributed by atoms with Crippen LogP contribution in [0.15, 0.2) is 52.9 Å². The van der Waals surface area contributed by atoms with Gasteiger partial charge in [0.25, 0.3) is 0 Å². The fraction of sp³-hybridized carbons (Fsp3) is 0.250. The number of hydrogen-bond donors (Lipinski definition) is 1. The number of carbonyl (C=O) groups excluding carboxylic acids is 1. The number of aryl methyl sites for hydroxylation is 2. The highest BCUT2D eigenvalue weighted by molar-refractivity contribution is 5.82. The first-order valence-corrected chi connectivity index (χ1v) is 8.69. The van der Waals surface area contributed by atoms with Crippen LogP contribution in [0, 0.1) is 6.92 Å². The molecule has 0 saturated heterocycles. The highest BCUT2D eigenvalue weighted by Crippen LogP contribution is 2.20. The first kappa shape index (κ1) is 16.3. The first-order chi connectivity index (χ1) is 12.6. The molecule has 2 aromatic carbocycles. The minimum Gasteiger partial charge on any atom is -0.438 e. The molecule has 6 heteroatoms. The van der Waals surface area contributed by atoms with Crippen LogP contribution in [0.3, 0.4) is 0 Å². The Balaban J connectivity index is 1.41. The lowest BCUT2D eigenvalue weighted by Gasteiger charge is -2.10. The van der Waals surface area contributed by atoms with Gasteiger partial charge in [-0.2, -0.15) is 5.10 Å². The average molecular weight is 348 g/mol. The number of aromatic nitrogens is 3. The van der Waals surface area contributed by atoms with Crippen molar-refractivity contribution in [3.05, 3.63) is 60.1 Å². The molecule has 1 atom stereocenters. The van der Waals surface area contributed by atoms with E-state index in [1.54, 1.807) is 0 Å². The topological polar surface area (TPSA) is 73.0 Å². The Bertz CT molecular complexity index is 1050. The van der Waals surface area contributed by atoms with Gasteiger partial charge in [-0.1, -0.05) is 30.3 Å². The number of amides is 1. The van der Waals surface area contributed by atoms with E-state index in [-0.39, 0.29) is 11.9 Å². The Morgan fingerprint density at radius 1 is 1.19 bits per heavy atom. The van der Waals surface area contributed by atoms with E-state index in [1.165, 1.54) is 0 Å². The standard InChI is InChI=1S/C20H20N4O2/c1-13-15-7-3-5-9-17(15)24(23-13)12-11-19(25)21-14(2)20-22-16-8-4-6-10-18(16)26-20/h3-10,14H,11-12H2,1-2H3,(H,21,25). The van der Waals surface area contributed by atoms with Crippen molar-refractivity contribution < 1.29 is 9.21 Å². The van der Waals surface area contributed by atoms with Crippen molar-refractivity contribution in [2.75, 3.05) is 0 Å². The zero-order valence-electron chi connectivity index (χ0n) is 14.8. The summed E-state index contributed by atoms with van der Waals surface area (Å²) in [4.78, 5) is 16.8. The third-order valence-electron chi connectivity index (χ3n) is 4.45. The van der Waals surface area contributed by atoms with Gasteiger partial charge in [-0.15, -0.1) is 0 Å². The van der Waals surface area contributed by atoms with Gasteiger partial charge in [-0.05, 0) is 32.0 Å². The van der Waals surface area contributed by atoms with Crippen LogP contribution >= 0.6 is 0 Å². The van der Waals surface area contributed by atoms with Crippen molar-refractivity contribution >= 4 is 27.9 Å². The number of nitrogens with zero attached hydrogens (tertiary/aromatic N) is 3. The van der Waals surface area contributed by atoms with Gasteiger partial charge >= 0.3 is 0 Å². The lowest BCUT2D eigenvalue weighted by atomic mass is 10.2. The highest BCUT2D eigenvalue weighted by atomic mass is 16.3. The second-order valence-corrected chi connectivity index (χ2v) is 6.38. The molecule has 0 aliphatic carbocycles. The quantitative estimate of drug-likeness (QED) is 0.596. The highest BCUT2D eigenvalue weighted by Gasteiger charge is 2.16. The Kier molecular flexibility index (Phi) is 4.16. The van der Waals surface area contributed by atoms with Crippen LogP contribution < -0.4 is 5.32 Å². The molecule has 4 rings (SSSR count). The van der Waals surface area contributed by atoms with E-state index >= 15 is 0 Å². The molecular weight excluding hydrogens is 328 g/mol. The van der Waals surface area contributed by atoms with Crippen molar-refractivity contribution in [3.63, 3.8) is 0 Å². The zero-order valence-corrected chi connectivity index (χ0v) is 14.8. The van der Waals surface area contributed by atoms with E-state index in [4.69, 9.17) is 4.42 Å². The van der Waals surface area contributed by atoms with Crippen molar-refractivity contribution in [1.82, 2.24) is 20.1 Å². The molecule has 0 spiro atoms. The van der Waals surface area contributed by atoms with Crippen LogP contribution in [-0.2, 0) is 11.3 Å². The molecule has 0 radical (unpaired) electrons. The molecule has 0 aliphatic rings.